The molecule has 32 heavy (non-hydrogen) atoms. The van der Waals surface area contributed by atoms with Crippen LogP contribution in [0, 0.1) is 0 Å². The lowest BCUT2D eigenvalue weighted by atomic mass is 9.99. The summed E-state index contributed by atoms with van der Waals surface area (Å²) in [6.45, 7) is 0. The van der Waals surface area contributed by atoms with E-state index in [0.29, 0.717) is 0 Å². The largest absolute Gasteiger partial charge is 0.0961 e. The van der Waals surface area contributed by atoms with Gasteiger partial charge in [-0.25, -0.2) is 0 Å². The number of hydrogen-bond acceptors (Lipinski definition) is 0. The molecule has 0 atom stereocenters. The molecule has 2 saturated carbocycles. The molecule has 0 nitrogen and oxygen atoms in total. The summed E-state index contributed by atoms with van der Waals surface area (Å²) >= 11 is 0. The van der Waals surface area contributed by atoms with Crippen molar-refractivity contribution in [2.75, 3.05) is 6.16 Å². The molecular formula is C30H38P2. The molecule has 0 unspecified atom stereocenters. The van der Waals surface area contributed by atoms with E-state index in [1.807, 2.05) is 0 Å². The van der Waals surface area contributed by atoms with Crippen molar-refractivity contribution in [2.45, 2.75) is 81.9 Å². The molecule has 0 spiro atoms. The molecule has 2 aromatic rings. The monoisotopic (exact) mass is 460 g/mol. The van der Waals surface area contributed by atoms with Crippen LogP contribution in [0.4, 0.5) is 0 Å². The third-order valence-corrected chi connectivity index (χ3v) is 14.0. The van der Waals surface area contributed by atoms with Gasteiger partial charge in [-0.05, 0) is 73.4 Å². The van der Waals surface area contributed by atoms with Crippen LogP contribution in [0.5, 0.6) is 0 Å². The maximum absolute atomic E-state index is 2.51. The molecule has 0 aromatic heterocycles. The van der Waals surface area contributed by atoms with Gasteiger partial charge in [-0.15, -0.1) is 0 Å². The summed E-state index contributed by atoms with van der Waals surface area (Å²) in [7, 11) is -0.338. The highest BCUT2D eigenvalue weighted by Gasteiger charge is 2.33. The maximum Gasteiger partial charge on any atom is -0.00967 e. The van der Waals surface area contributed by atoms with Crippen LogP contribution in [0.15, 0.2) is 83.7 Å². The number of benzene rings is 2. The minimum Gasteiger partial charge on any atom is -0.0961 e. The topological polar surface area (TPSA) is 0 Å². The third-order valence-electron chi connectivity index (χ3n) is 7.73. The van der Waals surface area contributed by atoms with Crippen molar-refractivity contribution in [3.8, 4) is 0 Å². The first-order valence-corrected chi connectivity index (χ1v) is 16.0. The molecule has 0 radical (unpaired) electrons. The second kappa shape index (κ2) is 11.3. The second-order valence-electron chi connectivity index (χ2n) is 9.86. The number of rotatable bonds is 7. The predicted molar refractivity (Wildman–Crippen MR) is 145 cm³/mol. The van der Waals surface area contributed by atoms with Gasteiger partial charge in [0.25, 0.3) is 0 Å². The zero-order valence-corrected chi connectivity index (χ0v) is 21.3. The molecule has 0 bridgehead atoms. The summed E-state index contributed by atoms with van der Waals surface area (Å²) in [4.78, 5) is 0. The summed E-state index contributed by atoms with van der Waals surface area (Å²) in [6, 6.07) is 22.7. The molecule has 0 amide bonds. The molecule has 168 valence electrons. The van der Waals surface area contributed by atoms with Crippen LogP contribution in [-0.4, -0.2) is 17.5 Å². The third kappa shape index (κ3) is 5.29. The molecule has 2 heteroatoms. The normalized spacial score (nSPS) is 20.6. The van der Waals surface area contributed by atoms with Crippen LogP contribution in [0.3, 0.4) is 0 Å². The summed E-state index contributed by atoms with van der Waals surface area (Å²) in [5.74, 6) is 0. The number of hydrogen-bond donors (Lipinski definition) is 0. The second-order valence-corrected chi connectivity index (χ2v) is 14.8. The first-order valence-electron chi connectivity index (χ1n) is 12.9. The van der Waals surface area contributed by atoms with E-state index in [9.17, 15) is 0 Å². The van der Waals surface area contributed by atoms with E-state index in [2.05, 4.69) is 72.8 Å². The standard InChI is InChI=1S/C30H38P2/c1-5-15-26(16-6-1)31(27-17-7-2-8-18-27)24-25-14-13-23-30(25)32(28-19-9-3-10-20-28)29-21-11-4-12-22-29/h3-4,9-13,19-23,26-27H,1-2,5-8,14-18,24H2. The summed E-state index contributed by atoms with van der Waals surface area (Å²) in [5.41, 5.74) is 3.87. The molecule has 3 aliphatic rings. The van der Waals surface area contributed by atoms with Crippen LogP contribution >= 0.6 is 15.8 Å². The van der Waals surface area contributed by atoms with Crippen molar-refractivity contribution in [2.24, 2.45) is 0 Å². The van der Waals surface area contributed by atoms with Gasteiger partial charge in [0.2, 0.25) is 0 Å². The Bertz CT molecular complexity index is 845. The summed E-state index contributed by atoms with van der Waals surface area (Å²) in [6.07, 6.45) is 22.6. The Kier molecular flexibility index (Phi) is 7.95. The molecule has 2 aromatic carbocycles. The first-order chi connectivity index (χ1) is 15.9. The van der Waals surface area contributed by atoms with Gasteiger partial charge in [0.05, 0.1) is 0 Å². The Morgan fingerprint density at radius 3 is 1.62 bits per heavy atom. The van der Waals surface area contributed by atoms with E-state index in [1.54, 1.807) is 10.9 Å². The Morgan fingerprint density at radius 1 is 0.625 bits per heavy atom. The molecule has 0 aliphatic heterocycles. The molecule has 3 aliphatic carbocycles. The van der Waals surface area contributed by atoms with E-state index in [1.165, 1.54) is 87.4 Å². The molecule has 0 N–H and O–H groups in total. The van der Waals surface area contributed by atoms with Gasteiger partial charge in [0.1, 0.15) is 0 Å². The van der Waals surface area contributed by atoms with E-state index >= 15 is 0 Å². The fourth-order valence-electron chi connectivity index (χ4n) is 6.10. The Labute approximate surface area is 198 Å². The van der Waals surface area contributed by atoms with Crippen LogP contribution in [0.1, 0.15) is 70.6 Å². The smallest absolute Gasteiger partial charge is 0.00967 e. The van der Waals surface area contributed by atoms with Crippen molar-refractivity contribution < 1.29 is 0 Å². The molecule has 5 rings (SSSR count). The summed E-state index contributed by atoms with van der Waals surface area (Å²) < 4.78 is 0. The van der Waals surface area contributed by atoms with E-state index < -0.39 is 7.92 Å². The van der Waals surface area contributed by atoms with Gasteiger partial charge in [-0.3, -0.25) is 0 Å². The van der Waals surface area contributed by atoms with Gasteiger partial charge in [0.15, 0.2) is 0 Å². The SMILES string of the molecule is C1=CC(P(c2ccccc2)c2ccccc2)=C(CP(C2CCCCC2)C2CCCCC2)C1. The quantitative estimate of drug-likeness (QED) is 0.364. The highest BCUT2D eigenvalue weighted by Crippen LogP contribution is 2.59. The minimum atomic E-state index is -0.454. The van der Waals surface area contributed by atoms with Gasteiger partial charge in [0, 0.05) is 0 Å². The van der Waals surface area contributed by atoms with Crippen molar-refractivity contribution in [3.63, 3.8) is 0 Å². The van der Waals surface area contributed by atoms with Crippen LogP contribution < -0.4 is 10.6 Å². The lowest BCUT2D eigenvalue weighted by Gasteiger charge is -2.39. The first kappa shape index (κ1) is 22.6. The highest BCUT2D eigenvalue weighted by molar-refractivity contribution is 7.77. The van der Waals surface area contributed by atoms with Gasteiger partial charge >= 0.3 is 0 Å². The van der Waals surface area contributed by atoms with E-state index in [0.717, 1.165) is 11.3 Å². The lowest BCUT2D eigenvalue weighted by Crippen LogP contribution is -2.22. The molecule has 2 fully saturated rings. The van der Waals surface area contributed by atoms with Crippen molar-refractivity contribution in [1.82, 2.24) is 0 Å². The van der Waals surface area contributed by atoms with Crippen LogP contribution in [0.2, 0.25) is 0 Å². The highest BCUT2D eigenvalue weighted by atomic mass is 31.1. The number of allylic oxidation sites excluding steroid dienone is 4. The Morgan fingerprint density at radius 2 is 1.12 bits per heavy atom. The fraction of sp³-hybridized carbons (Fsp3) is 0.467. The van der Waals surface area contributed by atoms with Gasteiger partial charge < -0.3 is 0 Å². The lowest BCUT2D eigenvalue weighted by molar-refractivity contribution is 0.484. The molecule has 0 heterocycles. The van der Waals surface area contributed by atoms with E-state index in [-0.39, 0.29) is 7.92 Å². The molecular weight excluding hydrogens is 422 g/mol. The average molecular weight is 461 g/mol. The van der Waals surface area contributed by atoms with Crippen LogP contribution in [0.25, 0.3) is 0 Å². The van der Waals surface area contributed by atoms with Crippen molar-refractivity contribution in [1.29, 1.82) is 0 Å². The average Bonchev–Trinajstić information content (AvgIpc) is 3.33. The molecule has 0 saturated heterocycles. The zero-order chi connectivity index (χ0) is 21.6. The Hall–Kier alpha value is -1.22. The van der Waals surface area contributed by atoms with Crippen molar-refractivity contribution >= 4 is 26.5 Å². The Balaban J connectivity index is 1.49. The minimum absolute atomic E-state index is 0.115. The van der Waals surface area contributed by atoms with Crippen molar-refractivity contribution in [3.05, 3.63) is 83.7 Å². The van der Waals surface area contributed by atoms with Gasteiger partial charge in [-0.1, -0.05) is 125 Å². The zero-order valence-electron chi connectivity index (χ0n) is 19.5. The van der Waals surface area contributed by atoms with Crippen LogP contribution in [-0.2, 0) is 0 Å². The maximum atomic E-state index is 2.51. The summed E-state index contributed by atoms with van der Waals surface area (Å²) in [5, 5.41) is 4.69. The van der Waals surface area contributed by atoms with Gasteiger partial charge in [-0.2, -0.15) is 0 Å². The van der Waals surface area contributed by atoms with E-state index in [4.69, 9.17) is 0 Å². The predicted octanol–water partition coefficient (Wildman–Crippen LogP) is 8.48. The fourth-order valence-corrected chi connectivity index (χ4v) is 12.7.